The zero-order valence-corrected chi connectivity index (χ0v) is 16.6. The van der Waals surface area contributed by atoms with Crippen LogP contribution in [0.2, 0.25) is 0 Å². The van der Waals surface area contributed by atoms with E-state index in [0.29, 0.717) is 18.9 Å². The highest BCUT2D eigenvalue weighted by atomic mass is 16.5. The molecule has 2 aromatic rings. The summed E-state index contributed by atoms with van der Waals surface area (Å²) in [5, 5.41) is 0. The molecule has 0 radical (unpaired) electrons. The first-order chi connectivity index (χ1) is 13.1. The third-order valence-corrected chi connectivity index (χ3v) is 5.17. The molecule has 27 heavy (non-hydrogen) atoms. The third-order valence-electron chi connectivity index (χ3n) is 5.17. The van der Waals surface area contributed by atoms with E-state index in [9.17, 15) is 4.79 Å². The SMILES string of the molecule is Cc1cccc(C(C)C)c1N1CCN(C(=O)CCOc2ccccc2)CC1. The van der Waals surface area contributed by atoms with Crippen LogP contribution < -0.4 is 9.64 Å². The first-order valence-corrected chi connectivity index (χ1v) is 9.86. The van der Waals surface area contributed by atoms with Gasteiger partial charge in [-0.1, -0.05) is 50.2 Å². The van der Waals surface area contributed by atoms with Crippen molar-refractivity contribution >= 4 is 11.6 Å². The smallest absolute Gasteiger partial charge is 0.226 e. The second kappa shape index (κ2) is 8.94. The van der Waals surface area contributed by atoms with E-state index in [4.69, 9.17) is 4.74 Å². The highest BCUT2D eigenvalue weighted by Gasteiger charge is 2.24. The molecule has 0 saturated carbocycles. The summed E-state index contributed by atoms with van der Waals surface area (Å²) in [5.74, 6) is 1.49. The lowest BCUT2D eigenvalue weighted by molar-refractivity contribution is -0.132. The summed E-state index contributed by atoms with van der Waals surface area (Å²) in [6.45, 7) is 10.4. The van der Waals surface area contributed by atoms with Crippen LogP contribution in [0, 0.1) is 6.92 Å². The average Bonchev–Trinajstić information content (AvgIpc) is 2.68. The van der Waals surface area contributed by atoms with Gasteiger partial charge in [0.25, 0.3) is 0 Å². The van der Waals surface area contributed by atoms with Gasteiger partial charge in [0, 0.05) is 31.9 Å². The zero-order chi connectivity index (χ0) is 19.2. The van der Waals surface area contributed by atoms with E-state index in [2.05, 4.69) is 43.9 Å². The van der Waals surface area contributed by atoms with Crippen molar-refractivity contribution in [2.24, 2.45) is 0 Å². The number of carbonyl (C=O) groups excluding carboxylic acids is 1. The number of nitrogens with zero attached hydrogens (tertiary/aromatic N) is 2. The quantitative estimate of drug-likeness (QED) is 0.767. The van der Waals surface area contributed by atoms with Gasteiger partial charge in [-0.15, -0.1) is 0 Å². The van der Waals surface area contributed by atoms with Gasteiger partial charge in [-0.25, -0.2) is 0 Å². The summed E-state index contributed by atoms with van der Waals surface area (Å²) in [6, 6.07) is 16.2. The van der Waals surface area contributed by atoms with Gasteiger partial charge < -0.3 is 14.5 Å². The Balaban J connectivity index is 1.52. The number of hydrogen-bond acceptors (Lipinski definition) is 3. The number of rotatable bonds is 6. The Morgan fingerprint density at radius 3 is 2.37 bits per heavy atom. The molecule has 0 bridgehead atoms. The molecule has 3 rings (SSSR count). The van der Waals surface area contributed by atoms with Gasteiger partial charge in [0.2, 0.25) is 5.91 Å². The summed E-state index contributed by atoms with van der Waals surface area (Å²) >= 11 is 0. The lowest BCUT2D eigenvalue weighted by atomic mass is 9.97. The molecule has 0 aliphatic carbocycles. The van der Waals surface area contributed by atoms with Crippen LogP contribution in [-0.4, -0.2) is 43.6 Å². The van der Waals surface area contributed by atoms with Crippen molar-refractivity contribution in [1.29, 1.82) is 0 Å². The average molecular weight is 367 g/mol. The highest BCUT2D eigenvalue weighted by molar-refractivity contribution is 5.76. The van der Waals surface area contributed by atoms with Gasteiger partial charge in [-0.2, -0.15) is 0 Å². The molecule has 1 heterocycles. The van der Waals surface area contributed by atoms with Gasteiger partial charge in [0.15, 0.2) is 0 Å². The van der Waals surface area contributed by atoms with Gasteiger partial charge in [0.1, 0.15) is 5.75 Å². The molecule has 0 unspecified atom stereocenters. The van der Waals surface area contributed by atoms with Crippen molar-refractivity contribution in [2.75, 3.05) is 37.7 Å². The first kappa shape index (κ1) is 19.3. The maximum atomic E-state index is 12.5. The molecule has 144 valence electrons. The largest absolute Gasteiger partial charge is 0.493 e. The number of aryl methyl sites for hydroxylation is 1. The number of ether oxygens (including phenoxy) is 1. The Labute approximate surface area is 162 Å². The van der Waals surface area contributed by atoms with Crippen LogP contribution in [0.5, 0.6) is 5.75 Å². The molecule has 4 heteroatoms. The first-order valence-electron chi connectivity index (χ1n) is 9.86. The number of carbonyl (C=O) groups is 1. The van der Waals surface area contributed by atoms with Crippen LogP contribution in [0.25, 0.3) is 0 Å². The maximum Gasteiger partial charge on any atom is 0.226 e. The number of anilines is 1. The van der Waals surface area contributed by atoms with Gasteiger partial charge in [-0.05, 0) is 36.1 Å². The van der Waals surface area contributed by atoms with Crippen LogP contribution in [0.4, 0.5) is 5.69 Å². The molecule has 0 N–H and O–H groups in total. The van der Waals surface area contributed by atoms with Crippen molar-refractivity contribution in [1.82, 2.24) is 4.90 Å². The number of para-hydroxylation sites is 2. The molecule has 0 atom stereocenters. The Morgan fingerprint density at radius 2 is 1.70 bits per heavy atom. The molecule has 1 fully saturated rings. The summed E-state index contributed by atoms with van der Waals surface area (Å²) in [4.78, 5) is 16.9. The lowest BCUT2D eigenvalue weighted by Crippen LogP contribution is -2.49. The molecule has 0 spiro atoms. The molecule has 0 aromatic heterocycles. The molecule has 1 saturated heterocycles. The van der Waals surface area contributed by atoms with Crippen LogP contribution in [0.15, 0.2) is 48.5 Å². The molecular weight excluding hydrogens is 336 g/mol. The predicted molar refractivity (Wildman–Crippen MR) is 111 cm³/mol. The number of amides is 1. The summed E-state index contributed by atoms with van der Waals surface area (Å²) in [5.41, 5.74) is 4.07. The molecular formula is C23H30N2O2. The topological polar surface area (TPSA) is 32.8 Å². The monoisotopic (exact) mass is 366 g/mol. The van der Waals surface area contributed by atoms with E-state index in [1.165, 1.54) is 16.8 Å². The Morgan fingerprint density at radius 1 is 1.00 bits per heavy atom. The highest BCUT2D eigenvalue weighted by Crippen LogP contribution is 2.31. The van der Waals surface area contributed by atoms with Crippen LogP contribution >= 0.6 is 0 Å². The maximum absolute atomic E-state index is 12.5. The molecule has 1 amide bonds. The Bertz CT molecular complexity index is 750. The molecule has 4 nitrogen and oxygen atoms in total. The van der Waals surface area contributed by atoms with E-state index in [1.807, 2.05) is 35.2 Å². The molecule has 2 aromatic carbocycles. The fourth-order valence-corrected chi connectivity index (χ4v) is 3.69. The Hall–Kier alpha value is -2.49. The summed E-state index contributed by atoms with van der Waals surface area (Å²) in [7, 11) is 0. The zero-order valence-electron chi connectivity index (χ0n) is 16.6. The van der Waals surface area contributed by atoms with E-state index < -0.39 is 0 Å². The van der Waals surface area contributed by atoms with E-state index >= 15 is 0 Å². The Kier molecular flexibility index (Phi) is 6.38. The lowest BCUT2D eigenvalue weighted by Gasteiger charge is -2.38. The fraction of sp³-hybridized carbons (Fsp3) is 0.435. The van der Waals surface area contributed by atoms with Crippen molar-refractivity contribution < 1.29 is 9.53 Å². The van der Waals surface area contributed by atoms with Crippen molar-refractivity contribution in [3.05, 3.63) is 59.7 Å². The number of benzene rings is 2. The minimum Gasteiger partial charge on any atom is -0.493 e. The third kappa shape index (κ3) is 4.82. The van der Waals surface area contributed by atoms with E-state index in [0.717, 1.165) is 31.9 Å². The standard InChI is InChI=1S/C23H30N2O2/c1-18(2)21-11-7-8-19(3)23(21)25-15-13-24(14-16-25)22(26)12-17-27-20-9-5-4-6-10-20/h4-11,18H,12-17H2,1-3H3. The van der Waals surface area contributed by atoms with Gasteiger partial charge >= 0.3 is 0 Å². The summed E-state index contributed by atoms with van der Waals surface area (Å²) < 4.78 is 5.66. The van der Waals surface area contributed by atoms with Crippen molar-refractivity contribution in [3.63, 3.8) is 0 Å². The van der Waals surface area contributed by atoms with Crippen LogP contribution in [0.1, 0.15) is 37.3 Å². The van der Waals surface area contributed by atoms with Crippen molar-refractivity contribution in [2.45, 2.75) is 33.1 Å². The number of hydrogen-bond donors (Lipinski definition) is 0. The predicted octanol–water partition coefficient (Wildman–Crippen LogP) is 4.24. The van der Waals surface area contributed by atoms with E-state index in [-0.39, 0.29) is 5.91 Å². The second-order valence-corrected chi connectivity index (χ2v) is 7.45. The van der Waals surface area contributed by atoms with Crippen LogP contribution in [0.3, 0.4) is 0 Å². The molecule has 1 aliphatic rings. The van der Waals surface area contributed by atoms with E-state index in [1.54, 1.807) is 0 Å². The molecule has 1 aliphatic heterocycles. The van der Waals surface area contributed by atoms with Crippen molar-refractivity contribution in [3.8, 4) is 5.75 Å². The minimum atomic E-state index is 0.180. The summed E-state index contributed by atoms with van der Waals surface area (Å²) in [6.07, 6.45) is 0.427. The van der Waals surface area contributed by atoms with Crippen LogP contribution in [-0.2, 0) is 4.79 Å². The normalized spacial score (nSPS) is 14.5. The second-order valence-electron chi connectivity index (χ2n) is 7.45. The number of piperazine rings is 1. The van der Waals surface area contributed by atoms with Gasteiger partial charge in [0.05, 0.1) is 13.0 Å². The van der Waals surface area contributed by atoms with Gasteiger partial charge in [-0.3, -0.25) is 4.79 Å². The minimum absolute atomic E-state index is 0.180. The fourth-order valence-electron chi connectivity index (χ4n) is 3.69.